The monoisotopic (exact) mass is 367 g/mol. The second kappa shape index (κ2) is 8.63. The number of ether oxygens (including phenoxy) is 2. The van der Waals surface area contributed by atoms with Gasteiger partial charge in [-0.2, -0.15) is 11.8 Å². The van der Waals surface area contributed by atoms with Crippen LogP contribution in [-0.4, -0.2) is 53.9 Å². The van der Waals surface area contributed by atoms with Crippen molar-refractivity contribution in [3.63, 3.8) is 0 Å². The van der Waals surface area contributed by atoms with Crippen molar-refractivity contribution >= 4 is 17.9 Å². The minimum absolute atomic E-state index is 0.136. The number of carbonyl (C=O) groups excluding carboxylic acids is 1. The first-order valence-corrected chi connectivity index (χ1v) is 10.4. The molecule has 1 aliphatic heterocycles. The first kappa shape index (κ1) is 20.4. The SMILES string of the molecule is COC1(C)C=CC(CSCC2CCN(C(=O)OC(C)(C)C)CC2)=CC1. The zero-order valence-electron chi connectivity index (χ0n) is 16.3. The summed E-state index contributed by atoms with van der Waals surface area (Å²) in [6, 6.07) is 0. The van der Waals surface area contributed by atoms with E-state index in [0.717, 1.165) is 43.9 Å². The molecule has 0 radical (unpaired) electrons. The smallest absolute Gasteiger partial charge is 0.410 e. The summed E-state index contributed by atoms with van der Waals surface area (Å²) in [4.78, 5) is 13.9. The van der Waals surface area contributed by atoms with Gasteiger partial charge >= 0.3 is 6.09 Å². The van der Waals surface area contributed by atoms with Crippen molar-refractivity contribution in [3.05, 3.63) is 23.8 Å². The van der Waals surface area contributed by atoms with Gasteiger partial charge in [-0.3, -0.25) is 0 Å². The third-order valence-corrected chi connectivity index (χ3v) is 6.02. The molecule has 0 aromatic rings. The molecule has 1 saturated heterocycles. The summed E-state index contributed by atoms with van der Waals surface area (Å²) in [5, 5.41) is 0. The molecule has 4 nitrogen and oxygen atoms in total. The first-order valence-electron chi connectivity index (χ1n) is 9.20. The highest BCUT2D eigenvalue weighted by atomic mass is 32.2. The van der Waals surface area contributed by atoms with Gasteiger partial charge in [0.1, 0.15) is 5.60 Å². The van der Waals surface area contributed by atoms with Gasteiger partial charge in [-0.1, -0.05) is 18.2 Å². The molecular weight excluding hydrogens is 334 g/mol. The Kier molecular flexibility index (Phi) is 7.03. The van der Waals surface area contributed by atoms with Gasteiger partial charge in [0, 0.05) is 26.0 Å². The minimum atomic E-state index is -0.413. The molecule has 0 spiro atoms. The Labute approximate surface area is 157 Å². The molecule has 0 aromatic heterocycles. The van der Waals surface area contributed by atoms with Crippen LogP contribution in [0.25, 0.3) is 0 Å². The van der Waals surface area contributed by atoms with E-state index in [9.17, 15) is 4.79 Å². The van der Waals surface area contributed by atoms with E-state index in [0.29, 0.717) is 5.92 Å². The van der Waals surface area contributed by atoms with Gasteiger partial charge in [-0.25, -0.2) is 4.79 Å². The average Bonchev–Trinajstić information content (AvgIpc) is 2.56. The lowest BCUT2D eigenvalue weighted by molar-refractivity contribution is 0.0191. The van der Waals surface area contributed by atoms with Gasteiger partial charge in [0.2, 0.25) is 0 Å². The van der Waals surface area contributed by atoms with E-state index in [1.807, 2.05) is 37.4 Å². The van der Waals surface area contributed by atoms with Crippen molar-refractivity contribution in [2.75, 3.05) is 31.7 Å². The van der Waals surface area contributed by atoms with Crippen molar-refractivity contribution in [1.29, 1.82) is 0 Å². The highest BCUT2D eigenvalue weighted by Gasteiger charge is 2.27. The maximum absolute atomic E-state index is 12.1. The van der Waals surface area contributed by atoms with Gasteiger partial charge in [-0.05, 0) is 64.2 Å². The van der Waals surface area contributed by atoms with E-state index in [2.05, 4.69) is 25.2 Å². The fraction of sp³-hybridized carbons (Fsp3) is 0.750. The molecule has 5 heteroatoms. The fourth-order valence-electron chi connectivity index (χ4n) is 2.96. The van der Waals surface area contributed by atoms with E-state index in [-0.39, 0.29) is 11.7 Å². The normalized spacial score (nSPS) is 25.0. The maximum Gasteiger partial charge on any atom is 0.410 e. The number of piperidine rings is 1. The van der Waals surface area contributed by atoms with E-state index >= 15 is 0 Å². The number of rotatable bonds is 5. The molecule has 2 aliphatic rings. The molecule has 1 amide bonds. The molecule has 142 valence electrons. The standard InChI is InChI=1S/C20H33NO3S/c1-19(2,3)24-18(22)21-12-8-17(9-13-21)15-25-14-16-6-10-20(4,23-5)11-7-16/h6-7,10,17H,8-9,11-15H2,1-5H3. The summed E-state index contributed by atoms with van der Waals surface area (Å²) in [5.41, 5.74) is 0.845. The quantitative estimate of drug-likeness (QED) is 0.708. The average molecular weight is 368 g/mol. The molecule has 1 atom stereocenters. The molecule has 1 heterocycles. The molecule has 0 saturated carbocycles. The number of thioether (sulfide) groups is 1. The minimum Gasteiger partial charge on any atom is -0.444 e. The van der Waals surface area contributed by atoms with E-state index in [1.54, 1.807) is 7.11 Å². The number of allylic oxidation sites excluding steroid dienone is 1. The van der Waals surface area contributed by atoms with Gasteiger partial charge in [0.15, 0.2) is 0 Å². The van der Waals surface area contributed by atoms with Crippen LogP contribution < -0.4 is 0 Å². The zero-order valence-corrected chi connectivity index (χ0v) is 17.2. The number of carbonyl (C=O) groups is 1. The Morgan fingerprint density at radius 1 is 1.36 bits per heavy atom. The lowest BCUT2D eigenvalue weighted by Gasteiger charge is -2.33. The Morgan fingerprint density at radius 3 is 2.56 bits per heavy atom. The molecular formula is C20H33NO3S. The predicted octanol–water partition coefficient (Wildman–Crippen LogP) is 4.66. The lowest BCUT2D eigenvalue weighted by Crippen LogP contribution is -2.42. The molecule has 25 heavy (non-hydrogen) atoms. The van der Waals surface area contributed by atoms with Crippen molar-refractivity contribution in [2.24, 2.45) is 5.92 Å². The van der Waals surface area contributed by atoms with Crippen molar-refractivity contribution < 1.29 is 14.3 Å². The van der Waals surface area contributed by atoms with Crippen LogP contribution in [0.4, 0.5) is 4.79 Å². The topological polar surface area (TPSA) is 38.8 Å². The summed E-state index contributed by atoms with van der Waals surface area (Å²) >= 11 is 2.00. The Morgan fingerprint density at radius 2 is 2.04 bits per heavy atom. The number of hydrogen-bond donors (Lipinski definition) is 0. The second-order valence-corrected chi connectivity index (χ2v) is 9.29. The van der Waals surface area contributed by atoms with Gasteiger partial charge < -0.3 is 14.4 Å². The van der Waals surface area contributed by atoms with Gasteiger partial charge in [0.25, 0.3) is 0 Å². The fourth-order valence-corrected chi connectivity index (χ4v) is 4.20. The summed E-state index contributed by atoms with van der Waals surface area (Å²) in [5.74, 6) is 2.92. The van der Waals surface area contributed by atoms with Gasteiger partial charge in [-0.15, -0.1) is 0 Å². The molecule has 0 bridgehead atoms. The molecule has 0 N–H and O–H groups in total. The van der Waals surface area contributed by atoms with Crippen LogP contribution in [-0.2, 0) is 9.47 Å². The molecule has 0 aromatic carbocycles. The van der Waals surface area contributed by atoms with Crippen LogP contribution in [0, 0.1) is 5.92 Å². The molecule has 1 fully saturated rings. The summed E-state index contributed by atoms with van der Waals surface area (Å²) in [6.45, 7) is 9.49. The maximum atomic E-state index is 12.1. The number of methoxy groups -OCH3 is 1. The predicted molar refractivity (Wildman–Crippen MR) is 105 cm³/mol. The van der Waals surface area contributed by atoms with E-state index in [4.69, 9.17) is 9.47 Å². The number of likely N-dealkylation sites (tertiary alicyclic amines) is 1. The summed E-state index contributed by atoms with van der Waals surface area (Å²) < 4.78 is 11.0. The number of hydrogen-bond acceptors (Lipinski definition) is 4. The zero-order chi connectivity index (χ0) is 18.5. The molecule has 1 aliphatic carbocycles. The van der Waals surface area contributed by atoms with Gasteiger partial charge in [0.05, 0.1) is 5.60 Å². The third kappa shape index (κ3) is 6.70. The third-order valence-electron chi connectivity index (χ3n) is 4.77. The van der Waals surface area contributed by atoms with E-state index in [1.165, 1.54) is 5.57 Å². The largest absolute Gasteiger partial charge is 0.444 e. The number of nitrogens with zero attached hydrogens (tertiary/aromatic N) is 1. The van der Waals surface area contributed by atoms with Crippen LogP contribution in [0.5, 0.6) is 0 Å². The summed E-state index contributed by atoms with van der Waals surface area (Å²) in [7, 11) is 1.77. The Hall–Kier alpha value is -0.940. The second-order valence-electron chi connectivity index (χ2n) is 8.26. The highest BCUT2D eigenvalue weighted by molar-refractivity contribution is 7.99. The van der Waals surface area contributed by atoms with Crippen LogP contribution >= 0.6 is 11.8 Å². The molecule has 1 unspecified atom stereocenters. The van der Waals surface area contributed by atoms with Crippen LogP contribution in [0.15, 0.2) is 23.8 Å². The first-order chi connectivity index (χ1) is 11.7. The van der Waals surface area contributed by atoms with Crippen LogP contribution in [0.1, 0.15) is 47.0 Å². The summed E-state index contributed by atoms with van der Waals surface area (Å²) in [6.07, 6.45) is 9.59. The lowest BCUT2D eigenvalue weighted by atomic mass is 9.94. The highest BCUT2D eigenvalue weighted by Crippen LogP contribution is 2.27. The van der Waals surface area contributed by atoms with Crippen molar-refractivity contribution in [2.45, 2.75) is 58.2 Å². The molecule has 2 rings (SSSR count). The Bertz CT molecular complexity index is 516. The van der Waals surface area contributed by atoms with Crippen LogP contribution in [0.2, 0.25) is 0 Å². The van der Waals surface area contributed by atoms with E-state index < -0.39 is 5.60 Å². The number of amides is 1. The van der Waals surface area contributed by atoms with Crippen molar-refractivity contribution in [1.82, 2.24) is 4.90 Å². The Balaban J connectivity index is 1.65. The van der Waals surface area contributed by atoms with Crippen molar-refractivity contribution in [3.8, 4) is 0 Å². The van der Waals surface area contributed by atoms with Crippen LogP contribution in [0.3, 0.4) is 0 Å².